The first-order chi connectivity index (χ1) is 11.8. The molecule has 24 heavy (non-hydrogen) atoms. The van der Waals surface area contributed by atoms with Gasteiger partial charge in [0.1, 0.15) is 5.69 Å². The molecule has 0 aliphatic rings. The van der Waals surface area contributed by atoms with Crippen LogP contribution in [0.2, 0.25) is 0 Å². The van der Waals surface area contributed by atoms with E-state index in [0.717, 1.165) is 11.3 Å². The number of hydrogen-bond donors (Lipinski definition) is 2. The maximum absolute atomic E-state index is 5.37. The van der Waals surface area contributed by atoms with Crippen LogP contribution in [0.3, 0.4) is 0 Å². The summed E-state index contributed by atoms with van der Waals surface area (Å²) in [5.74, 6) is 1.75. The van der Waals surface area contributed by atoms with Crippen LogP contribution in [0.1, 0.15) is 18.1 Å². The lowest BCUT2D eigenvalue weighted by Crippen LogP contribution is -1.90. The standard InChI is InChI=1S/C15H13N7OS/c1-9(14-17-12(22-23-14)10-5-3-2-4-6-10)24-15-18-13(20-21-15)11-7-8-16-19-11/h2-9H,1H3,(H,16,19)(H,18,20,21)/t9-/m0/s1. The van der Waals surface area contributed by atoms with Crippen LogP contribution < -0.4 is 0 Å². The summed E-state index contributed by atoms with van der Waals surface area (Å²) >= 11 is 1.44. The highest BCUT2D eigenvalue weighted by Crippen LogP contribution is 2.33. The van der Waals surface area contributed by atoms with Crippen molar-refractivity contribution in [1.29, 1.82) is 0 Å². The molecule has 0 aliphatic heterocycles. The van der Waals surface area contributed by atoms with Crippen LogP contribution in [0.4, 0.5) is 0 Å². The van der Waals surface area contributed by atoms with Gasteiger partial charge >= 0.3 is 0 Å². The molecule has 0 unspecified atom stereocenters. The topological polar surface area (TPSA) is 109 Å². The van der Waals surface area contributed by atoms with E-state index in [0.29, 0.717) is 22.7 Å². The molecule has 3 heterocycles. The molecule has 0 bridgehead atoms. The molecule has 0 spiro atoms. The van der Waals surface area contributed by atoms with Crippen LogP contribution in [0, 0.1) is 0 Å². The van der Waals surface area contributed by atoms with Gasteiger partial charge in [0, 0.05) is 11.8 Å². The van der Waals surface area contributed by atoms with E-state index in [1.54, 1.807) is 6.20 Å². The molecule has 1 aromatic carbocycles. The zero-order valence-electron chi connectivity index (χ0n) is 12.7. The first kappa shape index (κ1) is 14.6. The maximum atomic E-state index is 5.37. The van der Waals surface area contributed by atoms with Crippen molar-refractivity contribution in [2.75, 3.05) is 0 Å². The zero-order valence-corrected chi connectivity index (χ0v) is 13.5. The molecule has 0 saturated heterocycles. The fourth-order valence-corrected chi connectivity index (χ4v) is 2.88. The summed E-state index contributed by atoms with van der Waals surface area (Å²) in [4.78, 5) is 8.87. The second-order valence-electron chi connectivity index (χ2n) is 5.02. The molecule has 9 heteroatoms. The van der Waals surface area contributed by atoms with E-state index in [-0.39, 0.29) is 5.25 Å². The van der Waals surface area contributed by atoms with Gasteiger partial charge in [-0.05, 0) is 13.0 Å². The fourth-order valence-electron chi connectivity index (χ4n) is 2.12. The van der Waals surface area contributed by atoms with Crippen molar-refractivity contribution in [3.05, 3.63) is 48.5 Å². The minimum atomic E-state index is -0.0691. The molecule has 3 aromatic heterocycles. The van der Waals surface area contributed by atoms with E-state index in [1.165, 1.54) is 11.8 Å². The third-order valence-corrected chi connectivity index (χ3v) is 4.27. The number of nitrogens with one attached hydrogen (secondary N) is 2. The highest BCUT2D eigenvalue weighted by Gasteiger charge is 2.19. The van der Waals surface area contributed by atoms with Crippen molar-refractivity contribution in [2.24, 2.45) is 0 Å². The number of hydrogen-bond acceptors (Lipinski definition) is 7. The molecule has 120 valence electrons. The molecule has 0 fully saturated rings. The summed E-state index contributed by atoms with van der Waals surface area (Å²) in [6.45, 7) is 1.97. The molecule has 0 saturated carbocycles. The fraction of sp³-hybridized carbons (Fsp3) is 0.133. The van der Waals surface area contributed by atoms with Crippen molar-refractivity contribution in [3.63, 3.8) is 0 Å². The number of aromatic amines is 2. The van der Waals surface area contributed by atoms with E-state index in [2.05, 4.69) is 35.5 Å². The van der Waals surface area contributed by atoms with Gasteiger partial charge in [0.2, 0.25) is 16.9 Å². The Hall–Kier alpha value is -2.94. The van der Waals surface area contributed by atoms with Gasteiger partial charge in [0.25, 0.3) is 0 Å². The number of rotatable bonds is 5. The van der Waals surface area contributed by atoms with Gasteiger partial charge in [0.15, 0.2) is 5.82 Å². The summed E-state index contributed by atoms with van der Waals surface area (Å²) in [6, 6.07) is 11.5. The quantitative estimate of drug-likeness (QED) is 0.538. The summed E-state index contributed by atoms with van der Waals surface area (Å²) < 4.78 is 5.37. The Bertz CT molecular complexity index is 916. The van der Waals surface area contributed by atoms with Gasteiger partial charge in [-0.1, -0.05) is 47.3 Å². The van der Waals surface area contributed by atoms with Crippen LogP contribution in [0.15, 0.2) is 52.3 Å². The average molecular weight is 339 g/mol. The van der Waals surface area contributed by atoms with E-state index < -0.39 is 0 Å². The van der Waals surface area contributed by atoms with Gasteiger partial charge in [-0.15, -0.1) is 5.10 Å². The Morgan fingerprint density at radius 2 is 1.96 bits per heavy atom. The van der Waals surface area contributed by atoms with E-state index in [4.69, 9.17) is 4.52 Å². The Kier molecular flexibility index (Phi) is 3.83. The normalized spacial score (nSPS) is 12.4. The van der Waals surface area contributed by atoms with Gasteiger partial charge in [0.05, 0.1) is 5.25 Å². The van der Waals surface area contributed by atoms with Gasteiger partial charge in [-0.25, -0.2) is 0 Å². The van der Waals surface area contributed by atoms with E-state index in [9.17, 15) is 0 Å². The largest absolute Gasteiger partial charge is 0.338 e. The number of H-pyrrole nitrogens is 2. The van der Waals surface area contributed by atoms with Gasteiger partial charge in [-0.3, -0.25) is 10.2 Å². The highest BCUT2D eigenvalue weighted by molar-refractivity contribution is 7.99. The van der Waals surface area contributed by atoms with Gasteiger partial charge < -0.3 is 4.52 Å². The first-order valence-corrected chi connectivity index (χ1v) is 8.15. The van der Waals surface area contributed by atoms with Crippen molar-refractivity contribution in [3.8, 4) is 22.9 Å². The second-order valence-corrected chi connectivity index (χ2v) is 6.33. The van der Waals surface area contributed by atoms with Crippen LogP contribution in [0.5, 0.6) is 0 Å². The Morgan fingerprint density at radius 1 is 1.08 bits per heavy atom. The highest BCUT2D eigenvalue weighted by atomic mass is 32.2. The number of benzene rings is 1. The lowest BCUT2D eigenvalue weighted by atomic mass is 10.2. The molecule has 1 atom stereocenters. The Morgan fingerprint density at radius 3 is 2.75 bits per heavy atom. The minimum absolute atomic E-state index is 0.0691. The van der Waals surface area contributed by atoms with Crippen molar-refractivity contribution < 1.29 is 4.52 Å². The molecule has 0 radical (unpaired) electrons. The molecular formula is C15H13N7OS. The third-order valence-electron chi connectivity index (χ3n) is 3.32. The van der Waals surface area contributed by atoms with E-state index >= 15 is 0 Å². The SMILES string of the molecule is C[C@H](Sc1n[nH]c(-c2ccn[nH]2)n1)c1nc(-c2ccccc2)no1. The smallest absolute Gasteiger partial charge is 0.240 e. The molecule has 8 nitrogen and oxygen atoms in total. The lowest BCUT2D eigenvalue weighted by molar-refractivity contribution is 0.380. The minimum Gasteiger partial charge on any atom is -0.338 e. The van der Waals surface area contributed by atoms with Crippen LogP contribution in [-0.4, -0.2) is 35.5 Å². The molecule has 0 aliphatic carbocycles. The Labute approximate surface area is 141 Å². The lowest BCUT2D eigenvalue weighted by Gasteiger charge is -2.01. The summed E-state index contributed by atoms with van der Waals surface area (Å²) in [6.07, 6.45) is 1.66. The van der Waals surface area contributed by atoms with E-state index in [1.807, 2.05) is 43.3 Å². The first-order valence-electron chi connectivity index (χ1n) is 7.27. The maximum Gasteiger partial charge on any atom is 0.240 e. The van der Waals surface area contributed by atoms with Crippen LogP contribution >= 0.6 is 11.8 Å². The van der Waals surface area contributed by atoms with Crippen LogP contribution in [-0.2, 0) is 0 Å². The summed E-state index contributed by atoms with van der Waals surface area (Å²) in [5, 5.41) is 18.4. The summed E-state index contributed by atoms with van der Waals surface area (Å²) in [7, 11) is 0. The zero-order chi connectivity index (χ0) is 16.4. The van der Waals surface area contributed by atoms with Crippen LogP contribution in [0.25, 0.3) is 22.9 Å². The molecule has 0 amide bonds. The number of nitrogens with zero attached hydrogens (tertiary/aromatic N) is 5. The molecule has 4 aromatic rings. The second kappa shape index (κ2) is 6.28. The third kappa shape index (κ3) is 2.93. The predicted molar refractivity (Wildman–Crippen MR) is 88.0 cm³/mol. The predicted octanol–water partition coefficient (Wildman–Crippen LogP) is 3.10. The average Bonchev–Trinajstić information content (AvgIpc) is 3.36. The Balaban J connectivity index is 1.49. The monoisotopic (exact) mass is 339 g/mol. The number of thioether (sulfide) groups is 1. The van der Waals surface area contributed by atoms with Crippen molar-refractivity contribution in [1.82, 2.24) is 35.5 Å². The molecule has 2 N–H and O–H groups in total. The molecule has 4 rings (SSSR count). The van der Waals surface area contributed by atoms with Gasteiger partial charge in [-0.2, -0.15) is 15.1 Å². The molecular weight excluding hydrogens is 326 g/mol. The van der Waals surface area contributed by atoms with Crippen molar-refractivity contribution in [2.45, 2.75) is 17.3 Å². The number of aromatic nitrogens is 7. The van der Waals surface area contributed by atoms with Crippen molar-refractivity contribution >= 4 is 11.8 Å². The summed E-state index contributed by atoms with van der Waals surface area (Å²) in [5.41, 5.74) is 1.70.